The number of carbonyl (C=O) groups is 1. The molecular formula is C21H28N4O3. The van der Waals surface area contributed by atoms with E-state index in [1.54, 1.807) is 7.11 Å². The van der Waals surface area contributed by atoms with Gasteiger partial charge in [0, 0.05) is 30.8 Å². The molecule has 1 aromatic carbocycles. The minimum absolute atomic E-state index is 0.235. The van der Waals surface area contributed by atoms with Crippen LogP contribution in [0.2, 0.25) is 0 Å². The summed E-state index contributed by atoms with van der Waals surface area (Å²) in [5, 5.41) is 0. The van der Waals surface area contributed by atoms with Crippen molar-refractivity contribution in [2.45, 2.75) is 32.6 Å². The van der Waals surface area contributed by atoms with E-state index in [0.29, 0.717) is 18.8 Å². The van der Waals surface area contributed by atoms with Gasteiger partial charge in [-0.2, -0.15) is 4.98 Å². The monoisotopic (exact) mass is 384 g/mol. The van der Waals surface area contributed by atoms with E-state index >= 15 is 0 Å². The number of hydrogen-bond donors (Lipinski definition) is 1. The van der Waals surface area contributed by atoms with Crippen molar-refractivity contribution in [3.8, 4) is 5.75 Å². The molecule has 1 saturated heterocycles. The molecule has 0 aliphatic carbocycles. The van der Waals surface area contributed by atoms with Gasteiger partial charge in [0.25, 0.3) is 0 Å². The third-order valence-electron chi connectivity index (χ3n) is 5.28. The van der Waals surface area contributed by atoms with Gasteiger partial charge in [0.2, 0.25) is 5.95 Å². The van der Waals surface area contributed by atoms with Crippen molar-refractivity contribution in [1.29, 1.82) is 0 Å². The van der Waals surface area contributed by atoms with Crippen molar-refractivity contribution in [2.75, 3.05) is 37.9 Å². The first-order valence-corrected chi connectivity index (χ1v) is 9.57. The predicted molar refractivity (Wildman–Crippen MR) is 109 cm³/mol. The number of rotatable bonds is 7. The normalized spacial score (nSPS) is 16.2. The van der Waals surface area contributed by atoms with Crippen molar-refractivity contribution in [2.24, 2.45) is 5.92 Å². The van der Waals surface area contributed by atoms with E-state index in [9.17, 15) is 4.79 Å². The van der Waals surface area contributed by atoms with E-state index in [2.05, 4.69) is 27.0 Å². The lowest BCUT2D eigenvalue weighted by Crippen LogP contribution is -2.24. The van der Waals surface area contributed by atoms with Gasteiger partial charge in [-0.25, -0.2) is 4.98 Å². The van der Waals surface area contributed by atoms with Crippen LogP contribution >= 0.6 is 0 Å². The van der Waals surface area contributed by atoms with Gasteiger partial charge in [0.15, 0.2) is 0 Å². The number of nitrogen functional groups attached to an aromatic ring is 1. The Balaban J connectivity index is 1.71. The number of hydrogen-bond acceptors (Lipinski definition) is 7. The fourth-order valence-corrected chi connectivity index (χ4v) is 3.77. The van der Waals surface area contributed by atoms with Gasteiger partial charge in [0.1, 0.15) is 11.6 Å². The highest BCUT2D eigenvalue weighted by Gasteiger charge is 2.27. The molecule has 7 heteroatoms. The van der Waals surface area contributed by atoms with Gasteiger partial charge in [0.05, 0.1) is 14.2 Å². The van der Waals surface area contributed by atoms with Crippen molar-refractivity contribution >= 4 is 17.7 Å². The highest BCUT2D eigenvalue weighted by atomic mass is 16.5. The van der Waals surface area contributed by atoms with Crippen molar-refractivity contribution in [1.82, 2.24) is 9.97 Å². The molecule has 2 aromatic rings. The lowest BCUT2D eigenvalue weighted by Gasteiger charge is -2.22. The Hall–Kier alpha value is -2.83. The molecule has 3 rings (SSSR count). The van der Waals surface area contributed by atoms with Gasteiger partial charge in [-0.15, -0.1) is 0 Å². The SMILES string of the molecule is COC(=O)CCc1c(C)nc(N)nc1N1CCC(Cc2ccc(OC)cc2)C1. The van der Waals surface area contributed by atoms with Crippen molar-refractivity contribution in [3.63, 3.8) is 0 Å². The van der Waals surface area contributed by atoms with Crippen LogP contribution in [0.4, 0.5) is 11.8 Å². The summed E-state index contributed by atoms with van der Waals surface area (Å²) in [6, 6.07) is 8.25. The van der Waals surface area contributed by atoms with Crippen molar-refractivity contribution < 1.29 is 14.3 Å². The molecule has 2 N–H and O–H groups in total. The van der Waals surface area contributed by atoms with Crippen LogP contribution in [0.1, 0.15) is 29.7 Å². The lowest BCUT2D eigenvalue weighted by molar-refractivity contribution is -0.140. The molecule has 2 heterocycles. The summed E-state index contributed by atoms with van der Waals surface area (Å²) < 4.78 is 10.0. The molecule has 150 valence electrons. The number of carbonyl (C=O) groups excluding carboxylic acids is 1. The molecule has 1 fully saturated rings. The summed E-state index contributed by atoms with van der Waals surface area (Å²) in [7, 11) is 3.08. The smallest absolute Gasteiger partial charge is 0.305 e. The molecule has 0 bridgehead atoms. The maximum absolute atomic E-state index is 11.6. The topological polar surface area (TPSA) is 90.6 Å². The van der Waals surface area contributed by atoms with Gasteiger partial charge in [-0.1, -0.05) is 12.1 Å². The zero-order valence-electron chi connectivity index (χ0n) is 16.8. The molecule has 0 spiro atoms. The number of benzene rings is 1. The third kappa shape index (κ3) is 4.71. The molecule has 0 amide bonds. The van der Waals surface area contributed by atoms with E-state index in [1.165, 1.54) is 12.7 Å². The summed E-state index contributed by atoms with van der Waals surface area (Å²) in [5.74, 6) is 2.30. The molecule has 7 nitrogen and oxygen atoms in total. The largest absolute Gasteiger partial charge is 0.497 e. The highest BCUT2D eigenvalue weighted by Crippen LogP contribution is 2.30. The maximum atomic E-state index is 11.6. The van der Waals surface area contributed by atoms with Crippen LogP contribution in [0, 0.1) is 12.8 Å². The Bertz CT molecular complexity index is 823. The average molecular weight is 384 g/mol. The Morgan fingerprint density at radius 2 is 2.00 bits per heavy atom. The summed E-state index contributed by atoms with van der Waals surface area (Å²) in [4.78, 5) is 22.7. The van der Waals surface area contributed by atoms with Crippen LogP contribution in [-0.4, -0.2) is 43.2 Å². The summed E-state index contributed by atoms with van der Waals surface area (Å²) >= 11 is 0. The number of methoxy groups -OCH3 is 2. The molecule has 28 heavy (non-hydrogen) atoms. The molecule has 1 atom stereocenters. The zero-order chi connectivity index (χ0) is 20.1. The van der Waals surface area contributed by atoms with Crippen LogP contribution in [-0.2, 0) is 22.4 Å². The van der Waals surface area contributed by atoms with Gasteiger partial charge in [-0.3, -0.25) is 4.79 Å². The molecule has 1 unspecified atom stereocenters. The maximum Gasteiger partial charge on any atom is 0.305 e. The fraction of sp³-hybridized carbons (Fsp3) is 0.476. The molecule has 1 aliphatic rings. The van der Waals surface area contributed by atoms with E-state index in [0.717, 1.165) is 48.8 Å². The van der Waals surface area contributed by atoms with Gasteiger partial charge < -0.3 is 20.1 Å². The van der Waals surface area contributed by atoms with E-state index < -0.39 is 0 Å². The van der Waals surface area contributed by atoms with Crippen LogP contribution in [0.5, 0.6) is 5.75 Å². The van der Waals surface area contributed by atoms with E-state index in [-0.39, 0.29) is 11.9 Å². The second-order valence-electron chi connectivity index (χ2n) is 7.20. The first-order chi connectivity index (χ1) is 13.5. The number of anilines is 2. The Morgan fingerprint density at radius 1 is 1.25 bits per heavy atom. The van der Waals surface area contributed by atoms with Crippen molar-refractivity contribution in [3.05, 3.63) is 41.1 Å². The number of ether oxygens (including phenoxy) is 2. The first kappa shape index (κ1) is 19.9. The predicted octanol–water partition coefficient (Wildman–Crippen LogP) is 2.55. The fourth-order valence-electron chi connectivity index (χ4n) is 3.77. The minimum Gasteiger partial charge on any atom is -0.497 e. The summed E-state index contributed by atoms with van der Waals surface area (Å²) in [6.07, 6.45) is 2.96. The molecule has 1 aromatic heterocycles. The highest BCUT2D eigenvalue weighted by molar-refractivity contribution is 5.70. The summed E-state index contributed by atoms with van der Waals surface area (Å²) in [6.45, 7) is 3.74. The Labute approximate surface area is 165 Å². The second-order valence-corrected chi connectivity index (χ2v) is 7.20. The summed E-state index contributed by atoms with van der Waals surface area (Å²) in [5.41, 5.74) is 9.01. The Kier molecular flexibility index (Phi) is 6.34. The number of nitrogens with two attached hydrogens (primary N) is 1. The van der Waals surface area contributed by atoms with Crippen LogP contribution < -0.4 is 15.4 Å². The quantitative estimate of drug-likeness (QED) is 0.734. The third-order valence-corrected chi connectivity index (χ3v) is 5.28. The molecular weight excluding hydrogens is 356 g/mol. The number of nitrogens with zero attached hydrogens (tertiary/aromatic N) is 3. The lowest BCUT2D eigenvalue weighted by atomic mass is 9.99. The second kappa shape index (κ2) is 8.91. The van der Waals surface area contributed by atoms with E-state index in [1.807, 2.05) is 19.1 Å². The average Bonchev–Trinajstić information content (AvgIpc) is 3.15. The standard InChI is InChI=1S/C21H28N4O3/c1-14-18(8-9-19(26)28-3)20(24-21(22)23-14)25-11-10-16(13-25)12-15-4-6-17(27-2)7-5-15/h4-7,16H,8-13H2,1-3H3,(H2,22,23,24). The van der Waals surface area contributed by atoms with Gasteiger partial charge in [-0.05, 0) is 49.8 Å². The van der Waals surface area contributed by atoms with Crippen LogP contribution in [0.3, 0.4) is 0 Å². The molecule has 0 radical (unpaired) electrons. The van der Waals surface area contributed by atoms with Crippen LogP contribution in [0.25, 0.3) is 0 Å². The number of aryl methyl sites for hydroxylation is 1. The minimum atomic E-state index is -0.235. The zero-order valence-corrected chi connectivity index (χ0v) is 16.8. The number of aromatic nitrogens is 2. The Morgan fingerprint density at radius 3 is 2.68 bits per heavy atom. The molecule has 1 aliphatic heterocycles. The van der Waals surface area contributed by atoms with Gasteiger partial charge >= 0.3 is 5.97 Å². The van der Waals surface area contributed by atoms with Crippen LogP contribution in [0.15, 0.2) is 24.3 Å². The first-order valence-electron chi connectivity index (χ1n) is 9.57. The number of esters is 1. The van der Waals surface area contributed by atoms with E-state index in [4.69, 9.17) is 15.2 Å². The molecule has 0 saturated carbocycles.